The molecule has 4 heteroatoms. The van der Waals surface area contributed by atoms with Crippen molar-refractivity contribution in [3.05, 3.63) is 54.1 Å². The number of nitrogens with zero attached hydrogens (tertiary/aromatic N) is 1. The van der Waals surface area contributed by atoms with E-state index in [0.29, 0.717) is 0 Å². The minimum Gasteiger partial charge on any atom is -0.378 e. The molecule has 0 aliphatic rings. The van der Waals surface area contributed by atoms with Crippen molar-refractivity contribution >= 4 is 29.0 Å². The van der Waals surface area contributed by atoms with Gasteiger partial charge in [-0.25, -0.2) is 0 Å². The van der Waals surface area contributed by atoms with Crippen LogP contribution in [-0.4, -0.2) is 25.8 Å². The molecule has 0 radical (unpaired) electrons. The van der Waals surface area contributed by atoms with Crippen molar-refractivity contribution < 1.29 is 4.79 Å². The molecule has 0 fully saturated rings. The number of benzene rings is 2. The fraction of sp³-hybridized carbons (Fsp3) is 0.235. The maximum Gasteiger partial charge on any atom is 0.256 e. The summed E-state index contributed by atoms with van der Waals surface area (Å²) in [7, 11) is 3.98. The number of rotatable bonds is 5. The third kappa shape index (κ3) is 4.02. The smallest absolute Gasteiger partial charge is 0.256 e. The van der Waals surface area contributed by atoms with E-state index in [0.717, 1.165) is 27.6 Å². The van der Waals surface area contributed by atoms with Crippen LogP contribution in [0.25, 0.3) is 0 Å². The Labute approximate surface area is 130 Å². The van der Waals surface area contributed by atoms with Gasteiger partial charge in [-0.05, 0) is 42.2 Å². The summed E-state index contributed by atoms with van der Waals surface area (Å²) >= 11 is 1.68. The molecule has 0 spiro atoms. The highest BCUT2D eigenvalue weighted by molar-refractivity contribution is 7.99. The summed E-state index contributed by atoms with van der Waals surface area (Å²) in [5, 5.41) is 2.95. The van der Waals surface area contributed by atoms with Crippen molar-refractivity contribution in [3.8, 4) is 0 Å². The molecule has 0 aromatic heterocycles. The minimum absolute atomic E-state index is 0.0656. The molecule has 0 aliphatic carbocycles. The molecular weight excluding hydrogens is 280 g/mol. The molecule has 0 bridgehead atoms. The van der Waals surface area contributed by atoms with E-state index in [1.807, 2.05) is 67.5 Å². The van der Waals surface area contributed by atoms with Gasteiger partial charge in [-0.15, -0.1) is 11.8 Å². The third-order valence-corrected chi connectivity index (χ3v) is 4.03. The van der Waals surface area contributed by atoms with Gasteiger partial charge in [-0.3, -0.25) is 4.79 Å². The maximum atomic E-state index is 12.4. The summed E-state index contributed by atoms with van der Waals surface area (Å²) in [6, 6.07) is 15.5. The Morgan fingerprint density at radius 3 is 2.38 bits per heavy atom. The van der Waals surface area contributed by atoms with Gasteiger partial charge in [0.15, 0.2) is 0 Å². The van der Waals surface area contributed by atoms with E-state index in [1.54, 1.807) is 11.8 Å². The first-order valence-corrected chi connectivity index (χ1v) is 7.91. The van der Waals surface area contributed by atoms with Crippen molar-refractivity contribution in [2.75, 3.05) is 30.1 Å². The van der Waals surface area contributed by atoms with Crippen molar-refractivity contribution in [2.24, 2.45) is 0 Å². The largest absolute Gasteiger partial charge is 0.378 e. The average molecular weight is 300 g/mol. The second-order valence-electron chi connectivity index (χ2n) is 4.82. The topological polar surface area (TPSA) is 32.3 Å². The first-order valence-electron chi connectivity index (χ1n) is 6.92. The maximum absolute atomic E-state index is 12.4. The van der Waals surface area contributed by atoms with E-state index < -0.39 is 0 Å². The first-order chi connectivity index (χ1) is 10.1. The Balaban J connectivity index is 2.14. The summed E-state index contributed by atoms with van der Waals surface area (Å²) in [6.45, 7) is 2.08. The molecule has 110 valence electrons. The molecule has 21 heavy (non-hydrogen) atoms. The van der Waals surface area contributed by atoms with Gasteiger partial charge >= 0.3 is 0 Å². The van der Waals surface area contributed by atoms with Crippen molar-refractivity contribution in [2.45, 2.75) is 11.8 Å². The molecule has 0 saturated carbocycles. The predicted octanol–water partition coefficient (Wildman–Crippen LogP) is 4.12. The first kappa shape index (κ1) is 15.4. The Kier molecular flexibility index (Phi) is 5.28. The lowest BCUT2D eigenvalue weighted by Gasteiger charge is -2.13. The lowest BCUT2D eigenvalue weighted by molar-refractivity contribution is 0.102. The van der Waals surface area contributed by atoms with Gasteiger partial charge in [-0.2, -0.15) is 0 Å². The molecule has 2 aromatic carbocycles. The van der Waals surface area contributed by atoms with Crippen molar-refractivity contribution in [3.63, 3.8) is 0 Å². The Hall–Kier alpha value is -1.94. The van der Waals surface area contributed by atoms with Gasteiger partial charge in [0, 0.05) is 30.4 Å². The van der Waals surface area contributed by atoms with Crippen LogP contribution in [0.2, 0.25) is 0 Å². The second-order valence-corrected chi connectivity index (χ2v) is 6.13. The van der Waals surface area contributed by atoms with E-state index in [9.17, 15) is 4.79 Å². The van der Waals surface area contributed by atoms with Crippen LogP contribution in [0.3, 0.4) is 0 Å². The van der Waals surface area contributed by atoms with Gasteiger partial charge in [0.25, 0.3) is 5.91 Å². The van der Waals surface area contributed by atoms with Crippen LogP contribution in [0.4, 0.5) is 11.4 Å². The van der Waals surface area contributed by atoms with Crippen LogP contribution in [0, 0.1) is 0 Å². The Morgan fingerprint density at radius 1 is 1.10 bits per heavy atom. The van der Waals surface area contributed by atoms with E-state index in [1.165, 1.54) is 0 Å². The average Bonchev–Trinajstić information content (AvgIpc) is 2.48. The monoisotopic (exact) mass is 300 g/mol. The number of nitrogens with one attached hydrogen (secondary N) is 1. The lowest BCUT2D eigenvalue weighted by atomic mass is 10.2. The van der Waals surface area contributed by atoms with Crippen LogP contribution in [-0.2, 0) is 0 Å². The summed E-state index contributed by atoms with van der Waals surface area (Å²) in [5.74, 6) is 0.881. The van der Waals surface area contributed by atoms with Gasteiger partial charge < -0.3 is 10.2 Å². The molecule has 3 nitrogen and oxygen atoms in total. The number of hydrogen-bond acceptors (Lipinski definition) is 3. The molecule has 0 unspecified atom stereocenters. The summed E-state index contributed by atoms with van der Waals surface area (Å²) in [6.07, 6.45) is 0. The highest BCUT2D eigenvalue weighted by Gasteiger charge is 2.11. The fourth-order valence-corrected chi connectivity index (χ4v) is 2.78. The zero-order valence-electron chi connectivity index (χ0n) is 12.6. The number of carbonyl (C=O) groups is 1. The standard InChI is InChI=1S/C17H20N2OS/c1-4-21-16-8-6-5-7-15(16)17(20)18-13-9-11-14(12-10-13)19(2)3/h5-12H,4H2,1-3H3,(H,18,20). The molecule has 2 aromatic rings. The minimum atomic E-state index is -0.0656. The van der Waals surface area contributed by atoms with Crippen LogP contribution in [0.1, 0.15) is 17.3 Å². The van der Waals surface area contributed by atoms with Crippen molar-refractivity contribution in [1.29, 1.82) is 0 Å². The number of amides is 1. The SMILES string of the molecule is CCSc1ccccc1C(=O)Nc1ccc(N(C)C)cc1. The summed E-state index contributed by atoms with van der Waals surface area (Å²) < 4.78 is 0. The summed E-state index contributed by atoms with van der Waals surface area (Å²) in [4.78, 5) is 15.4. The number of anilines is 2. The Morgan fingerprint density at radius 2 is 1.76 bits per heavy atom. The molecule has 1 amide bonds. The lowest BCUT2D eigenvalue weighted by Crippen LogP contribution is -2.13. The molecule has 0 heterocycles. The third-order valence-electron chi connectivity index (χ3n) is 3.07. The van der Waals surface area contributed by atoms with E-state index in [2.05, 4.69) is 12.2 Å². The summed E-state index contributed by atoms with van der Waals surface area (Å²) in [5.41, 5.74) is 2.64. The van der Waals surface area contributed by atoms with Crippen LogP contribution in [0.15, 0.2) is 53.4 Å². The van der Waals surface area contributed by atoms with Gasteiger partial charge in [-0.1, -0.05) is 19.1 Å². The molecule has 0 aliphatic heterocycles. The van der Waals surface area contributed by atoms with E-state index in [-0.39, 0.29) is 5.91 Å². The van der Waals surface area contributed by atoms with Crippen LogP contribution >= 0.6 is 11.8 Å². The van der Waals surface area contributed by atoms with Gasteiger partial charge in [0.2, 0.25) is 0 Å². The molecule has 0 atom stereocenters. The highest BCUT2D eigenvalue weighted by atomic mass is 32.2. The highest BCUT2D eigenvalue weighted by Crippen LogP contribution is 2.23. The molecule has 0 saturated heterocycles. The molecule has 2 rings (SSSR count). The van der Waals surface area contributed by atoms with E-state index >= 15 is 0 Å². The number of hydrogen-bond donors (Lipinski definition) is 1. The van der Waals surface area contributed by atoms with E-state index in [4.69, 9.17) is 0 Å². The predicted molar refractivity (Wildman–Crippen MR) is 91.6 cm³/mol. The fourth-order valence-electron chi connectivity index (χ4n) is 1.98. The second kappa shape index (κ2) is 7.18. The quantitative estimate of drug-likeness (QED) is 0.843. The zero-order valence-corrected chi connectivity index (χ0v) is 13.4. The molecular formula is C17H20N2OS. The number of thioether (sulfide) groups is 1. The molecule has 1 N–H and O–H groups in total. The van der Waals surface area contributed by atoms with Crippen LogP contribution in [0.5, 0.6) is 0 Å². The number of carbonyl (C=O) groups excluding carboxylic acids is 1. The normalized spacial score (nSPS) is 10.2. The zero-order chi connectivity index (χ0) is 15.2. The van der Waals surface area contributed by atoms with Crippen molar-refractivity contribution in [1.82, 2.24) is 0 Å². The van der Waals surface area contributed by atoms with Gasteiger partial charge in [0.05, 0.1) is 5.56 Å². The van der Waals surface area contributed by atoms with Gasteiger partial charge in [0.1, 0.15) is 0 Å². The Bertz CT molecular complexity index is 608. The van der Waals surface area contributed by atoms with Crippen LogP contribution < -0.4 is 10.2 Å².